The minimum Gasteiger partial charge on any atom is -0.321 e. The Labute approximate surface area is 156 Å². The summed E-state index contributed by atoms with van der Waals surface area (Å²) in [7, 11) is 0. The summed E-state index contributed by atoms with van der Waals surface area (Å²) in [4.78, 5) is 12.0. The lowest BCUT2D eigenvalue weighted by Crippen LogP contribution is -2.11. The standard InChI is InChI=1S/C21H19N3OS/c1-21(2,3)14-10-8-13(9-11-14)20-24-23-18(26-20)12-17-15-6-4-5-7-16(15)19(25)22-17/h4-12H,1-3H3,(H,22,25)/b17-12-. The molecule has 4 rings (SSSR count). The molecule has 1 aliphatic rings. The molecule has 0 bridgehead atoms. The van der Waals surface area contributed by atoms with Gasteiger partial charge in [0, 0.05) is 22.8 Å². The van der Waals surface area contributed by atoms with Crippen molar-refractivity contribution in [3.63, 3.8) is 0 Å². The quantitative estimate of drug-likeness (QED) is 0.717. The van der Waals surface area contributed by atoms with Crippen molar-refractivity contribution in [3.8, 4) is 10.6 Å². The van der Waals surface area contributed by atoms with E-state index >= 15 is 0 Å². The fourth-order valence-corrected chi connectivity index (χ4v) is 3.72. The first kappa shape index (κ1) is 16.7. The first-order chi connectivity index (χ1) is 12.4. The van der Waals surface area contributed by atoms with Gasteiger partial charge in [0.1, 0.15) is 10.0 Å². The first-order valence-electron chi connectivity index (χ1n) is 8.49. The predicted octanol–water partition coefficient (Wildman–Crippen LogP) is 4.74. The first-order valence-corrected chi connectivity index (χ1v) is 9.30. The van der Waals surface area contributed by atoms with E-state index in [-0.39, 0.29) is 11.3 Å². The average molecular weight is 361 g/mol. The predicted molar refractivity (Wildman–Crippen MR) is 106 cm³/mol. The summed E-state index contributed by atoms with van der Waals surface area (Å²) in [5.74, 6) is -0.0747. The molecule has 1 amide bonds. The molecule has 0 atom stereocenters. The lowest BCUT2D eigenvalue weighted by atomic mass is 9.87. The second-order valence-corrected chi connectivity index (χ2v) is 8.34. The van der Waals surface area contributed by atoms with Crippen LogP contribution in [0.2, 0.25) is 0 Å². The van der Waals surface area contributed by atoms with E-state index in [0.717, 1.165) is 26.8 Å². The maximum atomic E-state index is 12.0. The van der Waals surface area contributed by atoms with Crippen LogP contribution < -0.4 is 5.32 Å². The van der Waals surface area contributed by atoms with Gasteiger partial charge in [-0.2, -0.15) is 0 Å². The van der Waals surface area contributed by atoms with Gasteiger partial charge in [-0.15, -0.1) is 10.2 Å². The third-order valence-corrected chi connectivity index (χ3v) is 5.34. The van der Waals surface area contributed by atoms with Crippen molar-refractivity contribution in [1.29, 1.82) is 0 Å². The Kier molecular flexibility index (Phi) is 3.96. The van der Waals surface area contributed by atoms with Crippen molar-refractivity contribution in [2.24, 2.45) is 0 Å². The van der Waals surface area contributed by atoms with Crippen LogP contribution in [0, 0.1) is 0 Å². The average Bonchev–Trinajstić information content (AvgIpc) is 3.20. The molecule has 26 heavy (non-hydrogen) atoms. The van der Waals surface area contributed by atoms with Gasteiger partial charge in [0.15, 0.2) is 0 Å². The van der Waals surface area contributed by atoms with Crippen molar-refractivity contribution in [3.05, 3.63) is 70.2 Å². The number of nitrogens with one attached hydrogen (secondary N) is 1. The van der Waals surface area contributed by atoms with Gasteiger partial charge in [-0.25, -0.2) is 0 Å². The van der Waals surface area contributed by atoms with E-state index in [4.69, 9.17) is 0 Å². The highest BCUT2D eigenvalue weighted by atomic mass is 32.1. The third kappa shape index (κ3) is 3.06. The van der Waals surface area contributed by atoms with Crippen molar-refractivity contribution in [2.75, 3.05) is 0 Å². The van der Waals surface area contributed by atoms with Crippen LogP contribution in [0.25, 0.3) is 22.3 Å². The van der Waals surface area contributed by atoms with Crippen LogP contribution >= 0.6 is 11.3 Å². The molecular weight excluding hydrogens is 342 g/mol. The van der Waals surface area contributed by atoms with Gasteiger partial charge in [0.25, 0.3) is 5.91 Å². The summed E-state index contributed by atoms with van der Waals surface area (Å²) in [6, 6.07) is 16.0. The smallest absolute Gasteiger partial charge is 0.256 e. The molecule has 3 aromatic rings. The molecule has 1 aromatic heterocycles. The maximum Gasteiger partial charge on any atom is 0.256 e. The number of carbonyl (C=O) groups excluding carboxylic acids is 1. The Morgan fingerprint density at radius 2 is 1.65 bits per heavy atom. The molecule has 0 fully saturated rings. The monoisotopic (exact) mass is 361 g/mol. The zero-order valence-electron chi connectivity index (χ0n) is 14.9. The molecule has 0 spiro atoms. The number of benzene rings is 2. The number of hydrogen-bond acceptors (Lipinski definition) is 4. The summed E-state index contributed by atoms with van der Waals surface area (Å²) in [5.41, 5.74) is 4.85. The number of nitrogens with zero attached hydrogens (tertiary/aromatic N) is 2. The number of fused-ring (bicyclic) bond motifs is 1. The van der Waals surface area contributed by atoms with Crippen LogP contribution in [0.5, 0.6) is 0 Å². The van der Waals surface area contributed by atoms with E-state index in [0.29, 0.717) is 5.56 Å². The Morgan fingerprint density at radius 3 is 2.35 bits per heavy atom. The second-order valence-electron chi connectivity index (χ2n) is 7.33. The van der Waals surface area contributed by atoms with Crippen LogP contribution in [-0.4, -0.2) is 16.1 Å². The second kappa shape index (κ2) is 6.18. The summed E-state index contributed by atoms with van der Waals surface area (Å²) < 4.78 is 0. The zero-order valence-corrected chi connectivity index (χ0v) is 15.7. The molecule has 130 valence electrons. The number of hydrogen-bond donors (Lipinski definition) is 1. The number of carbonyl (C=O) groups is 1. The van der Waals surface area contributed by atoms with Gasteiger partial charge in [-0.1, -0.05) is 74.6 Å². The van der Waals surface area contributed by atoms with E-state index in [2.05, 4.69) is 60.6 Å². The highest BCUT2D eigenvalue weighted by Gasteiger charge is 2.23. The molecule has 5 heteroatoms. The fraction of sp³-hybridized carbons (Fsp3) is 0.190. The van der Waals surface area contributed by atoms with Crippen LogP contribution in [0.3, 0.4) is 0 Å². The molecule has 2 heterocycles. The molecule has 0 radical (unpaired) electrons. The van der Waals surface area contributed by atoms with E-state index in [1.54, 1.807) is 0 Å². The highest BCUT2D eigenvalue weighted by molar-refractivity contribution is 7.15. The van der Waals surface area contributed by atoms with Crippen molar-refractivity contribution < 1.29 is 4.79 Å². The molecule has 0 unspecified atom stereocenters. The molecule has 0 saturated carbocycles. The van der Waals surface area contributed by atoms with Crippen molar-refractivity contribution in [2.45, 2.75) is 26.2 Å². The van der Waals surface area contributed by atoms with Gasteiger partial charge in [-0.05, 0) is 17.0 Å². The number of amides is 1. The van der Waals surface area contributed by atoms with E-state index in [1.807, 2.05) is 30.3 Å². The lowest BCUT2D eigenvalue weighted by Gasteiger charge is -2.18. The van der Waals surface area contributed by atoms with Crippen LogP contribution in [0.1, 0.15) is 47.3 Å². The third-order valence-electron chi connectivity index (χ3n) is 4.42. The summed E-state index contributed by atoms with van der Waals surface area (Å²) >= 11 is 1.51. The topological polar surface area (TPSA) is 54.9 Å². The molecular formula is C21H19N3OS. The minimum atomic E-state index is -0.0747. The Balaban J connectivity index is 1.62. The fourth-order valence-electron chi connectivity index (χ4n) is 2.93. The molecule has 1 N–H and O–H groups in total. The van der Waals surface area contributed by atoms with Crippen molar-refractivity contribution >= 4 is 29.0 Å². The van der Waals surface area contributed by atoms with Gasteiger partial charge >= 0.3 is 0 Å². The van der Waals surface area contributed by atoms with Crippen LogP contribution in [-0.2, 0) is 5.41 Å². The summed E-state index contributed by atoms with van der Waals surface area (Å²) in [6.07, 6.45) is 1.88. The largest absolute Gasteiger partial charge is 0.321 e. The molecule has 1 aliphatic heterocycles. The van der Waals surface area contributed by atoms with Gasteiger partial charge < -0.3 is 5.32 Å². The Bertz CT molecular complexity index is 1010. The summed E-state index contributed by atoms with van der Waals surface area (Å²) in [5, 5.41) is 13.1. The zero-order chi connectivity index (χ0) is 18.3. The number of aromatic nitrogens is 2. The molecule has 0 aliphatic carbocycles. The van der Waals surface area contributed by atoms with Gasteiger partial charge in [0.2, 0.25) is 0 Å². The SMILES string of the molecule is CC(C)(C)c1ccc(-c2nnc(/C=C3\NC(=O)c4ccccc43)s2)cc1. The number of rotatable bonds is 2. The molecule has 4 nitrogen and oxygen atoms in total. The Hall–Kier alpha value is -2.79. The summed E-state index contributed by atoms with van der Waals surface area (Å²) in [6.45, 7) is 6.60. The molecule has 2 aromatic carbocycles. The molecule has 0 saturated heterocycles. The highest BCUT2D eigenvalue weighted by Crippen LogP contribution is 2.30. The minimum absolute atomic E-state index is 0.0747. The normalized spacial score (nSPS) is 15.2. The van der Waals surface area contributed by atoms with Gasteiger partial charge in [0.05, 0.1) is 5.70 Å². The lowest BCUT2D eigenvalue weighted by molar-refractivity contribution is 0.0981. The van der Waals surface area contributed by atoms with E-state index < -0.39 is 0 Å². The Morgan fingerprint density at radius 1 is 0.962 bits per heavy atom. The van der Waals surface area contributed by atoms with E-state index in [1.165, 1.54) is 16.9 Å². The maximum absolute atomic E-state index is 12.0. The van der Waals surface area contributed by atoms with E-state index in [9.17, 15) is 4.79 Å². The van der Waals surface area contributed by atoms with Crippen molar-refractivity contribution in [1.82, 2.24) is 15.5 Å². The van der Waals surface area contributed by atoms with Crippen LogP contribution in [0.15, 0.2) is 48.5 Å². The van der Waals surface area contributed by atoms with Gasteiger partial charge in [-0.3, -0.25) is 4.79 Å². The van der Waals surface area contributed by atoms with Crippen LogP contribution in [0.4, 0.5) is 0 Å².